The van der Waals surface area contributed by atoms with Crippen LogP contribution in [0, 0.1) is 0 Å². The van der Waals surface area contributed by atoms with Crippen LogP contribution in [0.5, 0.6) is 0 Å². The molecule has 2 aromatic rings. The molecule has 0 atom stereocenters. The summed E-state index contributed by atoms with van der Waals surface area (Å²) >= 11 is 7.18. The molecule has 0 saturated carbocycles. The van der Waals surface area contributed by atoms with E-state index in [2.05, 4.69) is 19.9 Å². The van der Waals surface area contributed by atoms with E-state index in [9.17, 15) is 0 Å². The minimum absolute atomic E-state index is 0.198. The lowest BCUT2D eigenvalue weighted by atomic mass is 10.7. The third-order valence-electron chi connectivity index (χ3n) is 1.40. The first kappa shape index (κ1) is 9.29. The molecule has 0 radical (unpaired) electrons. The van der Waals surface area contributed by atoms with Crippen molar-refractivity contribution in [1.29, 1.82) is 0 Å². The molecule has 0 spiro atoms. The molecule has 0 bridgehead atoms. The molecule has 2 rings (SSSR count). The monoisotopic (exact) mass is 227 g/mol. The summed E-state index contributed by atoms with van der Waals surface area (Å²) in [7, 11) is 0. The fourth-order valence-electron chi connectivity index (χ4n) is 0.834. The molecule has 0 aliphatic heterocycles. The second-order valence-electron chi connectivity index (χ2n) is 2.38. The summed E-state index contributed by atoms with van der Waals surface area (Å²) < 4.78 is 0. The van der Waals surface area contributed by atoms with Gasteiger partial charge in [-0.05, 0) is 11.8 Å². The van der Waals surface area contributed by atoms with Gasteiger partial charge in [-0.1, -0.05) is 11.6 Å². The molecule has 2 heterocycles. The Hall–Kier alpha value is -1.27. The highest BCUT2D eigenvalue weighted by atomic mass is 35.5. The second-order valence-corrected chi connectivity index (χ2v) is 3.76. The van der Waals surface area contributed by atoms with E-state index in [0.29, 0.717) is 15.2 Å². The van der Waals surface area contributed by atoms with Crippen molar-refractivity contribution in [3.8, 4) is 0 Å². The van der Waals surface area contributed by atoms with Gasteiger partial charge < -0.3 is 10.7 Å². The van der Waals surface area contributed by atoms with Gasteiger partial charge in [0.25, 0.3) is 0 Å². The molecular formula is C7H6ClN5S. The normalized spacial score (nSPS) is 10.4. The number of halogens is 1. The lowest BCUT2D eigenvalue weighted by Gasteiger charge is -2.00. The summed E-state index contributed by atoms with van der Waals surface area (Å²) in [6.45, 7) is 0. The number of nitrogens with two attached hydrogens (primary N) is 1. The predicted molar refractivity (Wildman–Crippen MR) is 54.2 cm³/mol. The molecule has 3 N–H and O–H groups in total. The molecule has 72 valence electrons. The third kappa shape index (κ3) is 1.97. The van der Waals surface area contributed by atoms with Crippen LogP contribution in [0.4, 0.5) is 5.95 Å². The van der Waals surface area contributed by atoms with Crippen molar-refractivity contribution >= 4 is 29.3 Å². The van der Waals surface area contributed by atoms with Crippen molar-refractivity contribution < 1.29 is 0 Å². The number of nitrogen functional groups attached to an aromatic ring is 1. The molecule has 2 aromatic heterocycles. The average molecular weight is 228 g/mol. The van der Waals surface area contributed by atoms with Crippen molar-refractivity contribution in [3.63, 3.8) is 0 Å². The first-order valence-corrected chi connectivity index (χ1v) is 4.90. The van der Waals surface area contributed by atoms with Crippen LogP contribution in [-0.2, 0) is 0 Å². The van der Waals surface area contributed by atoms with Gasteiger partial charge >= 0.3 is 0 Å². The molecule has 0 fully saturated rings. The maximum absolute atomic E-state index is 5.87. The van der Waals surface area contributed by atoms with E-state index in [1.54, 1.807) is 12.4 Å². The molecule has 0 saturated heterocycles. The van der Waals surface area contributed by atoms with Crippen LogP contribution >= 0.6 is 23.4 Å². The van der Waals surface area contributed by atoms with E-state index < -0.39 is 0 Å². The van der Waals surface area contributed by atoms with Gasteiger partial charge in [0.1, 0.15) is 5.03 Å². The van der Waals surface area contributed by atoms with Gasteiger partial charge in [-0.25, -0.2) is 15.0 Å². The highest BCUT2D eigenvalue weighted by molar-refractivity contribution is 7.99. The Labute approximate surface area is 89.1 Å². The summed E-state index contributed by atoms with van der Waals surface area (Å²) in [5.74, 6) is 0.198. The predicted octanol–water partition coefficient (Wildman–Crippen LogP) is 1.59. The Morgan fingerprint density at radius 2 is 2.29 bits per heavy atom. The fraction of sp³-hybridized carbons (Fsp3) is 0. The second kappa shape index (κ2) is 3.85. The van der Waals surface area contributed by atoms with Crippen LogP contribution in [0.1, 0.15) is 0 Å². The number of hydrogen-bond donors (Lipinski definition) is 2. The largest absolute Gasteiger partial charge is 0.368 e. The molecule has 0 aromatic carbocycles. The molecule has 5 nitrogen and oxygen atoms in total. The van der Waals surface area contributed by atoms with Crippen LogP contribution in [0.15, 0.2) is 28.8 Å². The zero-order valence-corrected chi connectivity index (χ0v) is 8.51. The lowest BCUT2D eigenvalue weighted by molar-refractivity contribution is 1.02. The molecular weight excluding hydrogens is 222 g/mol. The topological polar surface area (TPSA) is 80.5 Å². The molecule has 0 aliphatic carbocycles. The highest BCUT2D eigenvalue weighted by Crippen LogP contribution is 2.28. The summed E-state index contributed by atoms with van der Waals surface area (Å²) in [5, 5.41) is 1.76. The fourth-order valence-corrected chi connectivity index (χ4v) is 1.75. The van der Waals surface area contributed by atoms with Crippen LogP contribution in [0.25, 0.3) is 0 Å². The number of rotatable bonds is 2. The lowest BCUT2D eigenvalue weighted by Crippen LogP contribution is -1.95. The molecule has 7 heteroatoms. The SMILES string of the molecule is Nc1ncc(Cl)c(Sc2ncc[nH]2)n1. The summed E-state index contributed by atoms with van der Waals surface area (Å²) in [6, 6.07) is 0. The van der Waals surface area contributed by atoms with Crippen LogP contribution in [0.2, 0.25) is 5.02 Å². The number of H-pyrrole nitrogens is 1. The minimum Gasteiger partial charge on any atom is -0.368 e. The van der Waals surface area contributed by atoms with Crippen LogP contribution in [-0.4, -0.2) is 19.9 Å². The Bertz CT molecular complexity index is 430. The van der Waals surface area contributed by atoms with Gasteiger partial charge in [-0.3, -0.25) is 0 Å². The number of nitrogens with zero attached hydrogens (tertiary/aromatic N) is 3. The first-order valence-electron chi connectivity index (χ1n) is 3.71. The van der Waals surface area contributed by atoms with Gasteiger partial charge in [-0.15, -0.1) is 0 Å². The van der Waals surface area contributed by atoms with Crippen molar-refractivity contribution in [2.75, 3.05) is 5.73 Å². The van der Waals surface area contributed by atoms with Gasteiger partial charge in [-0.2, -0.15) is 0 Å². The Kier molecular flexibility index (Phi) is 2.55. The quantitative estimate of drug-likeness (QED) is 0.762. The van der Waals surface area contributed by atoms with E-state index in [0.717, 1.165) is 0 Å². The smallest absolute Gasteiger partial charge is 0.221 e. The number of nitrogens with one attached hydrogen (secondary N) is 1. The first-order chi connectivity index (χ1) is 6.75. The van der Waals surface area contributed by atoms with E-state index in [4.69, 9.17) is 17.3 Å². The van der Waals surface area contributed by atoms with Crippen molar-refractivity contribution in [1.82, 2.24) is 19.9 Å². The Balaban J connectivity index is 2.28. The van der Waals surface area contributed by atoms with Crippen molar-refractivity contribution in [2.45, 2.75) is 10.2 Å². The zero-order chi connectivity index (χ0) is 9.97. The van der Waals surface area contributed by atoms with Crippen molar-refractivity contribution in [2.24, 2.45) is 0 Å². The maximum atomic E-state index is 5.87. The van der Waals surface area contributed by atoms with Crippen LogP contribution in [0.3, 0.4) is 0 Å². The van der Waals surface area contributed by atoms with E-state index in [1.165, 1.54) is 18.0 Å². The third-order valence-corrected chi connectivity index (χ3v) is 2.71. The number of aromatic amines is 1. The molecule has 0 unspecified atom stereocenters. The molecule has 0 amide bonds. The van der Waals surface area contributed by atoms with Gasteiger partial charge in [0.05, 0.1) is 11.2 Å². The van der Waals surface area contributed by atoms with Gasteiger partial charge in [0, 0.05) is 12.4 Å². The number of aromatic nitrogens is 4. The van der Waals surface area contributed by atoms with Crippen molar-refractivity contribution in [3.05, 3.63) is 23.6 Å². The number of imidazole rings is 1. The average Bonchev–Trinajstić information content (AvgIpc) is 2.64. The summed E-state index contributed by atoms with van der Waals surface area (Å²) in [5.41, 5.74) is 5.43. The molecule has 0 aliphatic rings. The van der Waals surface area contributed by atoms with Gasteiger partial charge in [0.2, 0.25) is 5.95 Å². The Morgan fingerprint density at radius 3 is 3.00 bits per heavy atom. The zero-order valence-electron chi connectivity index (χ0n) is 6.94. The summed E-state index contributed by atoms with van der Waals surface area (Å²) in [6.07, 6.45) is 4.84. The number of hydrogen-bond acceptors (Lipinski definition) is 5. The highest BCUT2D eigenvalue weighted by Gasteiger charge is 2.06. The van der Waals surface area contributed by atoms with Crippen LogP contribution < -0.4 is 5.73 Å². The minimum atomic E-state index is 0.198. The standard InChI is InChI=1S/C7H6ClN5S/c8-4-3-12-6(9)13-5(4)14-7-10-1-2-11-7/h1-3H,(H,10,11)(H2,9,12,13). The Morgan fingerprint density at radius 1 is 1.43 bits per heavy atom. The number of anilines is 1. The van der Waals surface area contributed by atoms with E-state index >= 15 is 0 Å². The van der Waals surface area contributed by atoms with E-state index in [-0.39, 0.29) is 5.95 Å². The van der Waals surface area contributed by atoms with Gasteiger partial charge in [0.15, 0.2) is 5.16 Å². The summed E-state index contributed by atoms with van der Waals surface area (Å²) in [4.78, 5) is 14.7. The molecule has 14 heavy (non-hydrogen) atoms. The van der Waals surface area contributed by atoms with E-state index in [1.807, 2.05) is 0 Å². The maximum Gasteiger partial charge on any atom is 0.221 e.